The molecule has 0 bridgehead atoms. The van der Waals surface area contributed by atoms with Gasteiger partial charge in [-0.3, -0.25) is 4.79 Å². The number of amides is 1. The van der Waals surface area contributed by atoms with Gasteiger partial charge in [0.1, 0.15) is 11.9 Å². The number of rotatable bonds is 8. The highest BCUT2D eigenvalue weighted by atomic mass is 32.2. The van der Waals surface area contributed by atoms with E-state index in [9.17, 15) is 13.2 Å². The SMILES string of the molecule is CCOc1ccc(S(=O)(=O)N2CCN(C(=O)C(C)OCc3ccccc3)CC2)cc1. The number of hydrogen-bond donors (Lipinski definition) is 0. The molecule has 3 rings (SSSR count). The maximum absolute atomic E-state index is 12.9. The molecule has 7 nitrogen and oxygen atoms in total. The molecule has 2 aromatic rings. The summed E-state index contributed by atoms with van der Waals surface area (Å²) in [5, 5.41) is 0. The Morgan fingerprint density at radius 1 is 1.00 bits per heavy atom. The summed E-state index contributed by atoms with van der Waals surface area (Å²) >= 11 is 0. The van der Waals surface area contributed by atoms with E-state index < -0.39 is 16.1 Å². The van der Waals surface area contributed by atoms with Gasteiger partial charge in [0.15, 0.2) is 0 Å². The zero-order valence-electron chi connectivity index (χ0n) is 17.4. The van der Waals surface area contributed by atoms with Crippen molar-refractivity contribution < 1.29 is 22.7 Å². The lowest BCUT2D eigenvalue weighted by atomic mass is 10.2. The lowest BCUT2D eigenvalue weighted by Gasteiger charge is -2.35. The van der Waals surface area contributed by atoms with Crippen LogP contribution in [0.4, 0.5) is 0 Å². The van der Waals surface area contributed by atoms with Gasteiger partial charge in [0.05, 0.1) is 18.1 Å². The molecule has 0 aromatic heterocycles. The number of ether oxygens (including phenoxy) is 2. The molecule has 1 aliphatic rings. The summed E-state index contributed by atoms with van der Waals surface area (Å²) in [6, 6.07) is 16.1. The molecule has 1 unspecified atom stereocenters. The first kappa shape index (κ1) is 22.3. The Morgan fingerprint density at radius 2 is 1.63 bits per heavy atom. The lowest BCUT2D eigenvalue weighted by Crippen LogP contribution is -2.52. The molecule has 0 N–H and O–H groups in total. The van der Waals surface area contributed by atoms with E-state index in [-0.39, 0.29) is 23.9 Å². The smallest absolute Gasteiger partial charge is 0.251 e. The first-order valence-corrected chi connectivity index (χ1v) is 11.5. The van der Waals surface area contributed by atoms with Gasteiger partial charge in [0.25, 0.3) is 5.91 Å². The topological polar surface area (TPSA) is 76.2 Å². The zero-order chi connectivity index (χ0) is 21.6. The molecular formula is C22H28N2O5S. The van der Waals surface area contributed by atoms with Crippen LogP contribution < -0.4 is 4.74 Å². The van der Waals surface area contributed by atoms with Crippen LogP contribution in [0.3, 0.4) is 0 Å². The molecule has 0 spiro atoms. The van der Waals surface area contributed by atoms with Gasteiger partial charge in [-0.2, -0.15) is 4.31 Å². The van der Waals surface area contributed by atoms with Crippen LogP contribution in [-0.4, -0.2) is 62.4 Å². The van der Waals surface area contributed by atoms with Crippen molar-refractivity contribution in [3.8, 4) is 5.75 Å². The minimum Gasteiger partial charge on any atom is -0.494 e. The van der Waals surface area contributed by atoms with Crippen molar-refractivity contribution in [2.24, 2.45) is 0 Å². The Kier molecular flexibility index (Phi) is 7.47. The molecule has 0 radical (unpaired) electrons. The second kappa shape index (κ2) is 10.1. The molecule has 8 heteroatoms. The average molecular weight is 433 g/mol. The summed E-state index contributed by atoms with van der Waals surface area (Å²) in [5.74, 6) is 0.514. The van der Waals surface area contributed by atoms with Gasteiger partial charge < -0.3 is 14.4 Å². The van der Waals surface area contributed by atoms with Gasteiger partial charge in [-0.25, -0.2) is 8.42 Å². The van der Waals surface area contributed by atoms with Crippen LogP contribution in [0.5, 0.6) is 5.75 Å². The molecule has 30 heavy (non-hydrogen) atoms. The minimum atomic E-state index is -3.60. The van der Waals surface area contributed by atoms with Crippen molar-refractivity contribution in [2.45, 2.75) is 31.5 Å². The van der Waals surface area contributed by atoms with Crippen LogP contribution in [0, 0.1) is 0 Å². The molecule has 0 aliphatic carbocycles. The van der Waals surface area contributed by atoms with Crippen molar-refractivity contribution in [1.82, 2.24) is 9.21 Å². The van der Waals surface area contributed by atoms with Gasteiger partial charge >= 0.3 is 0 Å². The fourth-order valence-corrected chi connectivity index (χ4v) is 4.72. The summed E-state index contributed by atoms with van der Waals surface area (Å²) in [4.78, 5) is 14.6. The highest BCUT2D eigenvalue weighted by molar-refractivity contribution is 7.89. The van der Waals surface area contributed by atoms with E-state index >= 15 is 0 Å². The molecule has 1 saturated heterocycles. The van der Waals surface area contributed by atoms with Crippen molar-refractivity contribution in [2.75, 3.05) is 32.8 Å². The molecule has 1 atom stereocenters. The third-order valence-electron chi connectivity index (χ3n) is 5.01. The van der Waals surface area contributed by atoms with Gasteiger partial charge in [-0.05, 0) is 43.7 Å². The number of piperazine rings is 1. The predicted molar refractivity (Wildman–Crippen MR) is 114 cm³/mol. The Labute approximate surface area is 178 Å². The standard InChI is InChI=1S/C22H28N2O5S/c1-3-28-20-9-11-21(12-10-20)30(26,27)24-15-13-23(14-16-24)22(25)18(2)29-17-19-7-5-4-6-8-19/h4-12,18H,3,13-17H2,1-2H3. The highest BCUT2D eigenvalue weighted by Gasteiger charge is 2.31. The molecule has 1 amide bonds. The predicted octanol–water partition coefficient (Wildman–Crippen LogP) is 2.52. The Morgan fingerprint density at radius 3 is 2.23 bits per heavy atom. The number of nitrogens with zero attached hydrogens (tertiary/aromatic N) is 2. The van der Waals surface area contributed by atoms with E-state index in [0.717, 1.165) is 5.56 Å². The van der Waals surface area contributed by atoms with E-state index in [0.29, 0.717) is 32.1 Å². The molecule has 2 aromatic carbocycles. The molecule has 0 saturated carbocycles. The summed E-state index contributed by atoms with van der Waals surface area (Å²) in [6.07, 6.45) is -0.584. The van der Waals surface area contributed by atoms with Crippen LogP contribution >= 0.6 is 0 Å². The zero-order valence-corrected chi connectivity index (χ0v) is 18.2. The number of benzene rings is 2. The van der Waals surface area contributed by atoms with Gasteiger partial charge in [0.2, 0.25) is 10.0 Å². The van der Waals surface area contributed by atoms with Crippen molar-refractivity contribution in [3.63, 3.8) is 0 Å². The third-order valence-corrected chi connectivity index (χ3v) is 6.93. The number of carbonyl (C=O) groups excluding carboxylic acids is 1. The van der Waals surface area contributed by atoms with Gasteiger partial charge in [-0.15, -0.1) is 0 Å². The lowest BCUT2D eigenvalue weighted by molar-refractivity contribution is -0.144. The van der Waals surface area contributed by atoms with E-state index in [1.54, 1.807) is 36.1 Å². The largest absolute Gasteiger partial charge is 0.494 e. The fraction of sp³-hybridized carbons (Fsp3) is 0.409. The van der Waals surface area contributed by atoms with E-state index in [2.05, 4.69) is 0 Å². The number of sulfonamides is 1. The Hall–Kier alpha value is -2.42. The highest BCUT2D eigenvalue weighted by Crippen LogP contribution is 2.21. The minimum absolute atomic E-state index is 0.121. The Bertz CT molecular complexity index is 924. The van der Waals surface area contributed by atoms with Gasteiger partial charge in [0, 0.05) is 26.2 Å². The Balaban J connectivity index is 1.53. The van der Waals surface area contributed by atoms with Crippen molar-refractivity contribution in [1.29, 1.82) is 0 Å². The normalized spacial score (nSPS) is 16.3. The molecule has 1 aliphatic heterocycles. The summed E-state index contributed by atoms with van der Waals surface area (Å²) in [6.45, 7) is 5.68. The molecule has 1 heterocycles. The van der Waals surface area contributed by atoms with Crippen LogP contribution in [-0.2, 0) is 26.2 Å². The number of hydrogen-bond acceptors (Lipinski definition) is 5. The number of carbonyl (C=O) groups is 1. The summed E-state index contributed by atoms with van der Waals surface area (Å²) in [7, 11) is -3.60. The fourth-order valence-electron chi connectivity index (χ4n) is 3.30. The van der Waals surface area contributed by atoms with Crippen LogP contribution in [0.25, 0.3) is 0 Å². The van der Waals surface area contributed by atoms with E-state index in [1.807, 2.05) is 37.3 Å². The van der Waals surface area contributed by atoms with Crippen LogP contribution in [0.15, 0.2) is 59.5 Å². The first-order valence-electron chi connectivity index (χ1n) is 10.1. The van der Waals surface area contributed by atoms with Gasteiger partial charge in [-0.1, -0.05) is 30.3 Å². The third kappa shape index (κ3) is 5.38. The van der Waals surface area contributed by atoms with E-state index in [1.165, 1.54) is 4.31 Å². The summed E-state index contributed by atoms with van der Waals surface area (Å²) < 4.78 is 38.3. The van der Waals surface area contributed by atoms with E-state index in [4.69, 9.17) is 9.47 Å². The second-order valence-corrected chi connectivity index (χ2v) is 9.01. The maximum atomic E-state index is 12.9. The first-order chi connectivity index (χ1) is 14.4. The quantitative estimate of drug-likeness (QED) is 0.641. The average Bonchev–Trinajstić information content (AvgIpc) is 2.78. The molecule has 1 fully saturated rings. The summed E-state index contributed by atoms with van der Waals surface area (Å²) in [5.41, 5.74) is 1.00. The monoisotopic (exact) mass is 432 g/mol. The van der Waals surface area contributed by atoms with Crippen molar-refractivity contribution in [3.05, 3.63) is 60.2 Å². The maximum Gasteiger partial charge on any atom is 0.251 e. The second-order valence-electron chi connectivity index (χ2n) is 7.07. The van der Waals surface area contributed by atoms with Crippen LogP contribution in [0.1, 0.15) is 19.4 Å². The molecular weight excluding hydrogens is 404 g/mol. The van der Waals surface area contributed by atoms with Crippen LogP contribution in [0.2, 0.25) is 0 Å². The van der Waals surface area contributed by atoms with Crippen molar-refractivity contribution >= 4 is 15.9 Å². The molecule has 162 valence electrons.